The second-order valence-electron chi connectivity index (χ2n) is 5.30. The van der Waals surface area contributed by atoms with Crippen LogP contribution in [0, 0.1) is 5.41 Å². The van der Waals surface area contributed by atoms with Crippen molar-refractivity contribution in [2.45, 2.75) is 31.8 Å². The minimum Gasteiger partial charge on any atom is -0.381 e. The van der Waals surface area contributed by atoms with E-state index in [0.29, 0.717) is 6.10 Å². The molecule has 2 fully saturated rings. The van der Waals surface area contributed by atoms with Crippen LogP contribution in [0.1, 0.15) is 25.7 Å². The van der Waals surface area contributed by atoms with E-state index in [1.54, 1.807) is 7.11 Å². The number of carbonyl (C=O) groups is 1. The summed E-state index contributed by atoms with van der Waals surface area (Å²) in [7, 11) is 1.78. The van der Waals surface area contributed by atoms with Crippen molar-refractivity contribution in [3.8, 4) is 0 Å². The number of ether oxygens (including phenoxy) is 2. The second-order valence-corrected chi connectivity index (χ2v) is 5.30. The Bertz CT molecular complexity index is 243. The predicted molar refractivity (Wildman–Crippen MR) is 65.0 cm³/mol. The maximum atomic E-state index is 11.4. The molecule has 2 aliphatic heterocycles. The molecule has 2 aliphatic rings. The lowest BCUT2D eigenvalue weighted by molar-refractivity contribution is -0.123. The summed E-state index contributed by atoms with van der Waals surface area (Å²) in [5, 5.41) is 0. The number of hydrogen-bond acceptors (Lipinski definition) is 4. The van der Waals surface area contributed by atoms with Crippen LogP contribution in [0.4, 0.5) is 0 Å². The minimum atomic E-state index is -0.155. The van der Waals surface area contributed by atoms with Crippen LogP contribution < -0.4 is 0 Å². The number of likely N-dealkylation sites (tertiary alicyclic amines) is 1. The summed E-state index contributed by atoms with van der Waals surface area (Å²) in [6.07, 6.45) is 5.50. The van der Waals surface area contributed by atoms with Crippen molar-refractivity contribution < 1.29 is 14.3 Å². The summed E-state index contributed by atoms with van der Waals surface area (Å²) in [6, 6.07) is 0. The van der Waals surface area contributed by atoms with Crippen LogP contribution in [0.15, 0.2) is 0 Å². The summed E-state index contributed by atoms with van der Waals surface area (Å²) >= 11 is 0. The Morgan fingerprint density at radius 2 is 2.00 bits per heavy atom. The number of methoxy groups -OCH3 is 1. The lowest BCUT2D eigenvalue weighted by atomic mass is 9.81. The summed E-state index contributed by atoms with van der Waals surface area (Å²) in [6.45, 7) is 4.46. The fourth-order valence-corrected chi connectivity index (χ4v) is 2.84. The molecule has 0 N–H and O–H groups in total. The van der Waals surface area contributed by atoms with E-state index in [2.05, 4.69) is 4.90 Å². The molecule has 4 nitrogen and oxygen atoms in total. The Morgan fingerprint density at radius 3 is 2.53 bits per heavy atom. The average molecular weight is 241 g/mol. The first kappa shape index (κ1) is 13.0. The molecule has 4 heteroatoms. The van der Waals surface area contributed by atoms with Crippen molar-refractivity contribution in [2.75, 3.05) is 40.0 Å². The first-order valence-corrected chi connectivity index (χ1v) is 6.57. The van der Waals surface area contributed by atoms with Crippen LogP contribution >= 0.6 is 0 Å². The molecule has 0 aromatic heterocycles. The maximum absolute atomic E-state index is 11.4. The highest BCUT2D eigenvalue weighted by atomic mass is 16.5. The zero-order valence-corrected chi connectivity index (χ0v) is 10.7. The van der Waals surface area contributed by atoms with Crippen LogP contribution in [0.3, 0.4) is 0 Å². The van der Waals surface area contributed by atoms with Gasteiger partial charge in [0.05, 0.1) is 6.10 Å². The van der Waals surface area contributed by atoms with Gasteiger partial charge in [0.1, 0.15) is 6.29 Å². The van der Waals surface area contributed by atoms with Gasteiger partial charge in [0.25, 0.3) is 0 Å². The van der Waals surface area contributed by atoms with E-state index in [-0.39, 0.29) is 5.41 Å². The molecule has 0 spiro atoms. The largest absolute Gasteiger partial charge is 0.381 e. The van der Waals surface area contributed by atoms with E-state index in [1.807, 2.05) is 0 Å². The van der Waals surface area contributed by atoms with Gasteiger partial charge in [0.2, 0.25) is 0 Å². The zero-order chi connectivity index (χ0) is 12.1. The molecular weight excluding hydrogens is 218 g/mol. The SMILES string of the molecule is COC1CCN(CC2(C=O)CCOCC2)CC1. The van der Waals surface area contributed by atoms with Gasteiger partial charge in [-0.3, -0.25) is 0 Å². The third-order valence-electron chi connectivity index (χ3n) is 4.15. The smallest absolute Gasteiger partial charge is 0.127 e. The molecule has 17 heavy (non-hydrogen) atoms. The number of hydrogen-bond donors (Lipinski definition) is 0. The Morgan fingerprint density at radius 1 is 1.35 bits per heavy atom. The van der Waals surface area contributed by atoms with Crippen LogP contribution in [0.25, 0.3) is 0 Å². The van der Waals surface area contributed by atoms with E-state index in [9.17, 15) is 4.79 Å². The third-order valence-corrected chi connectivity index (χ3v) is 4.15. The Balaban J connectivity index is 1.84. The number of carbonyl (C=O) groups excluding carboxylic acids is 1. The fourth-order valence-electron chi connectivity index (χ4n) is 2.84. The summed E-state index contributed by atoms with van der Waals surface area (Å²) in [5.74, 6) is 0. The summed E-state index contributed by atoms with van der Waals surface area (Å²) < 4.78 is 10.7. The highest BCUT2D eigenvalue weighted by Crippen LogP contribution is 2.30. The standard InChI is InChI=1S/C13H23NO3/c1-16-12-2-6-14(7-3-12)10-13(11-15)4-8-17-9-5-13/h11-12H,2-10H2,1H3. The van der Waals surface area contributed by atoms with Gasteiger partial charge in [-0.05, 0) is 25.7 Å². The molecule has 0 saturated carbocycles. The molecule has 2 rings (SSSR count). The van der Waals surface area contributed by atoms with Crippen molar-refractivity contribution in [3.05, 3.63) is 0 Å². The van der Waals surface area contributed by atoms with E-state index in [4.69, 9.17) is 9.47 Å². The van der Waals surface area contributed by atoms with Gasteiger partial charge in [-0.15, -0.1) is 0 Å². The van der Waals surface area contributed by atoms with Crippen molar-refractivity contribution in [3.63, 3.8) is 0 Å². The van der Waals surface area contributed by atoms with Gasteiger partial charge in [0.15, 0.2) is 0 Å². The molecule has 0 unspecified atom stereocenters. The van der Waals surface area contributed by atoms with Crippen LogP contribution in [0.2, 0.25) is 0 Å². The van der Waals surface area contributed by atoms with Crippen molar-refractivity contribution >= 4 is 6.29 Å². The lowest BCUT2D eigenvalue weighted by Gasteiger charge is -2.39. The normalized spacial score (nSPS) is 26.9. The zero-order valence-electron chi connectivity index (χ0n) is 10.7. The Labute approximate surface area is 103 Å². The molecule has 0 atom stereocenters. The summed E-state index contributed by atoms with van der Waals surface area (Å²) in [5.41, 5.74) is -0.155. The van der Waals surface area contributed by atoms with Gasteiger partial charge >= 0.3 is 0 Å². The molecule has 98 valence electrons. The molecule has 2 saturated heterocycles. The van der Waals surface area contributed by atoms with Crippen molar-refractivity contribution in [2.24, 2.45) is 5.41 Å². The van der Waals surface area contributed by atoms with Crippen LogP contribution in [0.5, 0.6) is 0 Å². The first-order valence-electron chi connectivity index (χ1n) is 6.57. The van der Waals surface area contributed by atoms with Crippen LogP contribution in [-0.4, -0.2) is 57.2 Å². The molecule has 0 amide bonds. The quantitative estimate of drug-likeness (QED) is 0.691. The number of piperidine rings is 1. The number of rotatable bonds is 4. The molecule has 0 bridgehead atoms. The van der Waals surface area contributed by atoms with Gasteiger partial charge in [-0.25, -0.2) is 0 Å². The van der Waals surface area contributed by atoms with Crippen molar-refractivity contribution in [1.29, 1.82) is 0 Å². The van der Waals surface area contributed by atoms with Gasteiger partial charge < -0.3 is 19.2 Å². The van der Waals surface area contributed by atoms with Gasteiger partial charge in [-0.1, -0.05) is 0 Å². The van der Waals surface area contributed by atoms with Gasteiger partial charge in [-0.2, -0.15) is 0 Å². The minimum absolute atomic E-state index is 0.155. The average Bonchev–Trinajstić information content (AvgIpc) is 2.41. The highest BCUT2D eigenvalue weighted by molar-refractivity contribution is 5.60. The van der Waals surface area contributed by atoms with Crippen molar-refractivity contribution in [1.82, 2.24) is 4.90 Å². The number of aldehydes is 1. The fraction of sp³-hybridized carbons (Fsp3) is 0.923. The lowest BCUT2D eigenvalue weighted by Crippen LogP contribution is -2.46. The highest BCUT2D eigenvalue weighted by Gasteiger charge is 2.35. The Kier molecular flexibility index (Phi) is 4.54. The molecule has 0 aliphatic carbocycles. The van der Waals surface area contributed by atoms with E-state index in [1.165, 1.54) is 0 Å². The number of nitrogens with zero attached hydrogens (tertiary/aromatic N) is 1. The van der Waals surface area contributed by atoms with Gasteiger partial charge in [0, 0.05) is 45.4 Å². The Hall–Kier alpha value is -0.450. The van der Waals surface area contributed by atoms with E-state index < -0.39 is 0 Å². The van der Waals surface area contributed by atoms with Crippen LogP contribution in [-0.2, 0) is 14.3 Å². The monoisotopic (exact) mass is 241 g/mol. The molecule has 2 heterocycles. The molecule has 0 radical (unpaired) electrons. The van der Waals surface area contributed by atoms with E-state index >= 15 is 0 Å². The maximum Gasteiger partial charge on any atom is 0.127 e. The topological polar surface area (TPSA) is 38.8 Å². The summed E-state index contributed by atoms with van der Waals surface area (Å²) in [4.78, 5) is 13.8. The predicted octanol–water partition coefficient (Wildman–Crippen LogP) is 1.09. The second kappa shape index (κ2) is 5.94. The molecule has 0 aromatic carbocycles. The third kappa shape index (κ3) is 3.27. The first-order chi connectivity index (χ1) is 8.28. The molecular formula is C13H23NO3. The van der Waals surface area contributed by atoms with E-state index in [0.717, 1.165) is 64.8 Å². The molecule has 0 aromatic rings.